The summed E-state index contributed by atoms with van der Waals surface area (Å²) >= 11 is 0. The zero-order valence-electron chi connectivity index (χ0n) is 8.33. The van der Waals surface area contributed by atoms with Crippen molar-refractivity contribution >= 4 is 0 Å². The lowest BCUT2D eigenvalue weighted by Gasteiger charge is -2.21. The van der Waals surface area contributed by atoms with E-state index in [-0.39, 0.29) is 5.41 Å². The van der Waals surface area contributed by atoms with Crippen molar-refractivity contribution in [3.8, 4) is 0 Å². The van der Waals surface area contributed by atoms with Crippen LogP contribution in [0.4, 0.5) is 0 Å². The van der Waals surface area contributed by atoms with Crippen LogP contribution in [0.15, 0.2) is 24.3 Å². The van der Waals surface area contributed by atoms with Gasteiger partial charge in [-0.05, 0) is 25.2 Å². The highest BCUT2D eigenvalue weighted by atomic mass is 14.2. The van der Waals surface area contributed by atoms with E-state index in [1.807, 2.05) is 0 Å². The Labute approximate surface area is 71.0 Å². The van der Waals surface area contributed by atoms with Crippen molar-refractivity contribution in [2.75, 3.05) is 0 Å². The Morgan fingerprint density at radius 2 is 1.55 bits per heavy atom. The van der Waals surface area contributed by atoms with Gasteiger partial charge in [0.15, 0.2) is 0 Å². The molecule has 0 aromatic heterocycles. The second-order valence-electron chi connectivity index (χ2n) is 4.31. The lowest BCUT2D eigenvalue weighted by atomic mass is 9.84. The van der Waals surface area contributed by atoms with E-state index >= 15 is 0 Å². The molecule has 0 heteroatoms. The van der Waals surface area contributed by atoms with Gasteiger partial charge >= 0.3 is 0 Å². The number of hydrogen-bond acceptors (Lipinski definition) is 0. The summed E-state index contributed by atoms with van der Waals surface area (Å²) < 4.78 is 0. The van der Waals surface area contributed by atoms with Crippen molar-refractivity contribution in [1.29, 1.82) is 0 Å². The van der Waals surface area contributed by atoms with Crippen LogP contribution in [0, 0.1) is 5.41 Å². The first-order valence-corrected chi connectivity index (χ1v) is 4.16. The number of allylic oxidation sites excluding steroid dienone is 2. The zero-order valence-corrected chi connectivity index (χ0v) is 8.33. The Kier molecular flexibility index (Phi) is 3.57. The van der Waals surface area contributed by atoms with E-state index in [1.54, 1.807) is 0 Å². The van der Waals surface area contributed by atoms with Crippen LogP contribution >= 0.6 is 0 Å². The lowest BCUT2D eigenvalue weighted by molar-refractivity contribution is 0.484. The molecular weight excluding hydrogens is 132 g/mol. The molecule has 0 nitrogen and oxygen atoms in total. The fourth-order valence-electron chi connectivity index (χ4n) is 0.739. The molecule has 0 aromatic rings. The molecule has 0 unspecified atom stereocenters. The van der Waals surface area contributed by atoms with Crippen molar-refractivity contribution < 1.29 is 0 Å². The molecule has 11 heavy (non-hydrogen) atoms. The minimum absolute atomic E-state index is 0.259. The van der Waals surface area contributed by atoms with Gasteiger partial charge < -0.3 is 0 Å². The van der Waals surface area contributed by atoms with Gasteiger partial charge in [0, 0.05) is 0 Å². The lowest BCUT2D eigenvalue weighted by Crippen LogP contribution is -2.08. The van der Waals surface area contributed by atoms with Crippen LogP contribution < -0.4 is 0 Å². The quantitative estimate of drug-likeness (QED) is 0.537. The molecule has 0 bridgehead atoms. The van der Waals surface area contributed by atoms with Gasteiger partial charge in [0.05, 0.1) is 0 Å². The fraction of sp³-hybridized carbons (Fsp3) is 0.636. The molecule has 64 valence electrons. The maximum Gasteiger partial charge on any atom is -0.0176 e. The van der Waals surface area contributed by atoms with Crippen molar-refractivity contribution in [2.45, 2.75) is 40.5 Å². The minimum atomic E-state index is 0.259. The van der Waals surface area contributed by atoms with Crippen molar-refractivity contribution in [3.63, 3.8) is 0 Å². The van der Waals surface area contributed by atoms with Gasteiger partial charge in [-0.2, -0.15) is 0 Å². The second kappa shape index (κ2) is 3.75. The molecule has 0 rings (SSSR count). The fourth-order valence-corrected chi connectivity index (χ4v) is 0.739. The molecule has 0 aliphatic heterocycles. The molecule has 0 N–H and O–H groups in total. The Hall–Kier alpha value is -0.520. The summed E-state index contributed by atoms with van der Waals surface area (Å²) in [6, 6.07) is 0. The van der Waals surface area contributed by atoms with Gasteiger partial charge in [0.25, 0.3) is 0 Å². The summed E-state index contributed by atoms with van der Waals surface area (Å²) in [5.74, 6) is 0. The first-order valence-electron chi connectivity index (χ1n) is 4.16. The summed E-state index contributed by atoms with van der Waals surface area (Å²) in [6.45, 7) is 16.6. The molecule has 0 fully saturated rings. The van der Waals surface area contributed by atoms with Gasteiger partial charge in [0.2, 0.25) is 0 Å². The third-order valence-electron chi connectivity index (χ3n) is 1.91. The number of hydrogen-bond donors (Lipinski definition) is 0. The number of rotatable bonds is 3. The maximum atomic E-state index is 4.06. The van der Waals surface area contributed by atoms with Crippen LogP contribution in [0.2, 0.25) is 0 Å². The topological polar surface area (TPSA) is 0 Å². The summed E-state index contributed by atoms with van der Waals surface area (Å²) in [6.07, 6.45) is 2.16. The van der Waals surface area contributed by atoms with Crippen LogP contribution in [-0.2, 0) is 0 Å². The predicted octanol–water partition coefficient (Wildman–Crippen LogP) is 3.95. The predicted molar refractivity (Wildman–Crippen MR) is 52.6 cm³/mol. The largest absolute Gasteiger partial charge is 0.100 e. The minimum Gasteiger partial charge on any atom is -0.100 e. The molecule has 0 amide bonds. The van der Waals surface area contributed by atoms with Gasteiger partial charge in [-0.1, -0.05) is 38.5 Å². The van der Waals surface area contributed by atoms with Crippen molar-refractivity contribution in [1.82, 2.24) is 0 Å². The van der Waals surface area contributed by atoms with Crippen molar-refractivity contribution in [2.24, 2.45) is 5.41 Å². The molecular formula is C11H20. The summed E-state index contributed by atoms with van der Waals surface area (Å²) in [5, 5.41) is 0. The van der Waals surface area contributed by atoms with E-state index in [2.05, 4.69) is 40.9 Å². The smallest absolute Gasteiger partial charge is 0.0176 e. The highest BCUT2D eigenvalue weighted by Gasteiger charge is 2.13. The van der Waals surface area contributed by atoms with Crippen molar-refractivity contribution in [3.05, 3.63) is 24.3 Å². The third kappa shape index (κ3) is 4.83. The Morgan fingerprint density at radius 1 is 1.09 bits per heavy atom. The molecule has 0 aromatic carbocycles. The average Bonchev–Trinajstić information content (AvgIpc) is 1.80. The molecule has 0 heterocycles. The molecule has 0 aliphatic carbocycles. The first-order chi connectivity index (χ1) is 4.84. The van der Waals surface area contributed by atoms with Crippen LogP contribution in [0.3, 0.4) is 0 Å². The van der Waals surface area contributed by atoms with Crippen LogP contribution in [0.1, 0.15) is 40.5 Å². The summed E-state index contributed by atoms with van der Waals surface area (Å²) in [4.78, 5) is 0. The molecule has 0 aliphatic rings. The average molecular weight is 152 g/mol. The normalized spacial score (nSPS) is 11.3. The summed E-state index contributed by atoms with van der Waals surface area (Å²) in [5.41, 5.74) is 2.83. The molecule has 0 spiro atoms. The van der Waals surface area contributed by atoms with Gasteiger partial charge in [0.1, 0.15) is 0 Å². The first kappa shape index (κ1) is 10.5. The third-order valence-corrected chi connectivity index (χ3v) is 1.91. The highest BCUT2D eigenvalue weighted by molar-refractivity contribution is 5.07. The Morgan fingerprint density at radius 3 is 1.82 bits per heavy atom. The van der Waals surface area contributed by atoms with E-state index in [1.165, 1.54) is 11.1 Å². The standard InChI is InChI=1S/C11H20/c1-9(2)7-8-10(3)11(4,5)6/h1,3,7-8H2,2,4-6H3. The van der Waals surface area contributed by atoms with Crippen LogP contribution in [-0.4, -0.2) is 0 Å². The second-order valence-corrected chi connectivity index (χ2v) is 4.31. The maximum absolute atomic E-state index is 4.06. The van der Waals surface area contributed by atoms with E-state index < -0.39 is 0 Å². The molecule has 0 radical (unpaired) electrons. The van der Waals surface area contributed by atoms with E-state index in [9.17, 15) is 0 Å². The van der Waals surface area contributed by atoms with Crippen LogP contribution in [0.5, 0.6) is 0 Å². The molecule has 0 saturated heterocycles. The molecule has 0 atom stereocenters. The zero-order chi connectivity index (χ0) is 9.07. The molecule has 0 saturated carbocycles. The monoisotopic (exact) mass is 152 g/mol. The van der Waals surface area contributed by atoms with E-state index in [0.717, 1.165) is 12.8 Å². The summed E-state index contributed by atoms with van der Waals surface area (Å²) in [7, 11) is 0. The Balaban J connectivity index is 3.80. The van der Waals surface area contributed by atoms with Gasteiger partial charge in [-0.15, -0.1) is 6.58 Å². The Bertz CT molecular complexity index is 155. The van der Waals surface area contributed by atoms with Gasteiger partial charge in [-0.3, -0.25) is 0 Å². The van der Waals surface area contributed by atoms with Gasteiger partial charge in [-0.25, -0.2) is 0 Å². The SMILES string of the molecule is C=C(C)CCC(=C)C(C)(C)C. The highest BCUT2D eigenvalue weighted by Crippen LogP contribution is 2.27. The van der Waals surface area contributed by atoms with E-state index in [0.29, 0.717) is 0 Å². The van der Waals surface area contributed by atoms with Crippen LogP contribution in [0.25, 0.3) is 0 Å². The van der Waals surface area contributed by atoms with E-state index in [4.69, 9.17) is 0 Å².